The highest BCUT2D eigenvalue weighted by Gasteiger charge is 2.44. The number of ether oxygens (including phenoxy) is 1. The monoisotopic (exact) mass is 437 g/mol. The molecule has 0 saturated carbocycles. The van der Waals surface area contributed by atoms with Crippen LogP contribution in [0.25, 0.3) is 0 Å². The van der Waals surface area contributed by atoms with E-state index in [2.05, 4.69) is 26.2 Å². The molecule has 1 N–H and O–H groups in total. The summed E-state index contributed by atoms with van der Waals surface area (Å²) >= 11 is 3.32. The molecule has 1 fully saturated rings. The Kier molecular flexibility index (Phi) is 8.02. The first-order valence-corrected chi connectivity index (χ1v) is 7.75. The average molecular weight is 439 g/mol. The van der Waals surface area contributed by atoms with Crippen molar-refractivity contribution >= 4 is 47.2 Å². The van der Waals surface area contributed by atoms with Gasteiger partial charge in [-0.1, -0.05) is 0 Å². The normalized spacial score (nSPS) is 19.8. The van der Waals surface area contributed by atoms with Gasteiger partial charge in [0.25, 0.3) is 0 Å². The largest absolute Gasteiger partial charge is 0.489 e. The number of hydrogen-bond acceptors (Lipinski definition) is 5. The van der Waals surface area contributed by atoms with Crippen LogP contribution in [0, 0.1) is 0 Å². The van der Waals surface area contributed by atoms with Crippen molar-refractivity contribution in [3.05, 3.63) is 47.1 Å². The number of carbonyl (C=O) groups is 1. The summed E-state index contributed by atoms with van der Waals surface area (Å²) in [6, 6.07) is 7.32. The van der Waals surface area contributed by atoms with Crippen LogP contribution in [0.1, 0.15) is 5.76 Å². The van der Waals surface area contributed by atoms with Gasteiger partial charge in [-0.05, 0) is 40.2 Å². The zero-order valence-electron chi connectivity index (χ0n) is 12.7. The predicted molar refractivity (Wildman–Crippen MR) is 98.0 cm³/mol. The molecule has 132 valence electrons. The van der Waals surface area contributed by atoms with Gasteiger partial charge in [0.1, 0.15) is 23.7 Å². The maximum absolute atomic E-state index is 11.5. The van der Waals surface area contributed by atoms with Gasteiger partial charge in [0.2, 0.25) is 6.41 Å². The second-order valence-corrected chi connectivity index (χ2v) is 5.87. The minimum Gasteiger partial charge on any atom is -0.489 e. The van der Waals surface area contributed by atoms with E-state index in [0.29, 0.717) is 29.3 Å². The quantitative estimate of drug-likeness (QED) is 0.726. The lowest BCUT2D eigenvalue weighted by molar-refractivity contribution is -0.128. The molecule has 9 heteroatoms. The molecule has 1 unspecified atom stereocenters. The summed E-state index contributed by atoms with van der Waals surface area (Å²) in [5, 5.41) is 3.31. The first-order chi connectivity index (χ1) is 10.7. The third kappa shape index (κ3) is 4.22. The molecule has 0 aromatic carbocycles. The highest BCUT2D eigenvalue weighted by molar-refractivity contribution is 9.10. The number of nitrogens with one attached hydrogen (secondary N) is 1. The lowest BCUT2D eigenvalue weighted by Gasteiger charge is -2.43. The van der Waals surface area contributed by atoms with E-state index in [-0.39, 0.29) is 31.4 Å². The molecule has 1 aliphatic heterocycles. The van der Waals surface area contributed by atoms with Gasteiger partial charge in [0.15, 0.2) is 4.67 Å². The number of hydrogen-bond donors (Lipinski definition) is 1. The zero-order valence-corrected chi connectivity index (χ0v) is 15.9. The Bertz CT molecular complexity index is 644. The van der Waals surface area contributed by atoms with Crippen molar-refractivity contribution < 1.29 is 13.9 Å². The molecule has 3 heterocycles. The molecule has 2 aromatic rings. The molecule has 1 saturated heterocycles. The second kappa shape index (κ2) is 9.27. The predicted octanol–water partition coefficient (Wildman–Crippen LogP) is 2.62. The summed E-state index contributed by atoms with van der Waals surface area (Å²) < 4.78 is 12.2. The minimum atomic E-state index is -0.679. The molecule has 0 bridgehead atoms. The Labute approximate surface area is 160 Å². The first kappa shape index (κ1) is 20.8. The molecule has 1 atom stereocenters. The molecule has 24 heavy (non-hydrogen) atoms. The smallest absolute Gasteiger partial charge is 0.210 e. The van der Waals surface area contributed by atoms with Crippen LogP contribution in [0.2, 0.25) is 0 Å². The van der Waals surface area contributed by atoms with Crippen molar-refractivity contribution in [2.45, 2.75) is 5.54 Å². The molecule has 1 aliphatic rings. The van der Waals surface area contributed by atoms with E-state index in [9.17, 15) is 4.79 Å². The Hall–Kier alpha value is -1.28. The SMILES string of the molecule is Cl.Cl.O=CN1CCNCC1(COc1cccnc1)c1ccc(Br)o1. The van der Waals surface area contributed by atoms with Gasteiger partial charge in [-0.15, -0.1) is 24.8 Å². The van der Waals surface area contributed by atoms with Gasteiger partial charge in [0, 0.05) is 25.8 Å². The molecule has 3 rings (SSSR count). The Morgan fingerprint density at radius 3 is 2.88 bits per heavy atom. The van der Waals surface area contributed by atoms with Gasteiger partial charge < -0.3 is 19.4 Å². The standard InChI is InChI=1S/C15H16BrN3O3.2ClH/c16-14-4-3-13(22-14)15(9-18-6-7-19(15)11-20)10-21-12-2-1-5-17-8-12;;/h1-5,8,11,18H,6-7,9-10H2;2*1H. The van der Waals surface area contributed by atoms with Gasteiger partial charge in [-0.3, -0.25) is 9.78 Å². The van der Waals surface area contributed by atoms with E-state index >= 15 is 0 Å². The van der Waals surface area contributed by atoms with Gasteiger partial charge in [0.05, 0.1) is 6.20 Å². The number of amides is 1. The summed E-state index contributed by atoms with van der Waals surface area (Å²) in [5.74, 6) is 1.34. The first-order valence-electron chi connectivity index (χ1n) is 6.96. The summed E-state index contributed by atoms with van der Waals surface area (Å²) in [6.45, 7) is 2.18. The number of aromatic nitrogens is 1. The van der Waals surface area contributed by atoms with E-state index in [1.807, 2.05) is 24.3 Å². The molecule has 0 spiro atoms. The summed E-state index contributed by atoms with van der Waals surface area (Å²) in [7, 11) is 0. The molecule has 0 aliphatic carbocycles. The van der Waals surface area contributed by atoms with Gasteiger partial charge in [-0.2, -0.15) is 0 Å². The number of furan rings is 1. The van der Waals surface area contributed by atoms with Crippen LogP contribution in [-0.2, 0) is 10.3 Å². The van der Waals surface area contributed by atoms with Crippen molar-refractivity contribution in [2.75, 3.05) is 26.2 Å². The highest BCUT2D eigenvalue weighted by atomic mass is 79.9. The Morgan fingerprint density at radius 2 is 2.25 bits per heavy atom. The molecule has 1 amide bonds. The number of rotatable bonds is 5. The van der Waals surface area contributed by atoms with Crippen molar-refractivity contribution in [1.29, 1.82) is 0 Å². The zero-order chi connectivity index (χ0) is 15.4. The van der Waals surface area contributed by atoms with Gasteiger partial charge in [-0.25, -0.2) is 0 Å². The van der Waals surface area contributed by atoms with Crippen LogP contribution in [0.5, 0.6) is 5.75 Å². The van der Waals surface area contributed by atoms with Gasteiger partial charge >= 0.3 is 0 Å². The molecule has 6 nitrogen and oxygen atoms in total. The number of carbonyl (C=O) groups excluding carboxylic acids is 1. The van der Waals surface area contributed by atoms with E-state index in [1.165, 1.54) is 0 Å². The van der Waals surface area contributed by atoms with Crippen LogP contribution >= 0.6 is 40.7 Å². The fourth-order valence-electron chi connectivity index (χ4n) is 2.60. The summed E-state index contributed by atoms with van der Waals surface area (Å²) in [4.78, 5) is 17.3. The third-order valence-corrected chi connectivity index (χ3v) is 4.19. The Balaban J connectivity index is 0.00000144. The number of nitrogens with zero attached hydrogens (tertiary/aromatic N) is 2. The number of pyridine rings is 1. The second-order valence-electron chi connectivity index (χ2n) is 5.09. The maximum Gasteiger partial charge on any atom is 0.210 e. The topological polar surface area (TPSA) is 67.6 Å². The lowest BCUT2D eigenvalue weighted by Crippen LogP contribution is -2.61. The number of piperazine rings is 1. The van der Waals surface area contributed by atoms with Crippen molar-refractivity contribution in [1.82, 2.24) is 15.2 Å². The average Bonchev–Trinajstić information content (AvgIpc) is 3.01. The van der Waals surface area contributed by atoms with Crippen molar-refractivity contribution in [2.24, 2.45) is 0 Å². The molecular formula is C15H18BrCl2N3O3. The third-order valence-electron chi connectivity index (χ3n) is 3.77. The van der Waals surface area contributed by atoms with E-state index in [4.69, 9.17) is 9.15 Å². The fourth-order valence-corrected chi connectivity index (χ4v) is 2.90. The lowest BCUT2D eigenvalue weighted by atomic mass is 9.93. The molecule has 2 aromatic heterocycles. The molecular weight excluding hydrogens is 421 g/mol. The van der Waals surface area contributed by atoms with Crippen LogP contribution in [-0.4, -0.2) is 42.5 Å². The van der Waals surface area contributed by atoms with Crippen LogP contribution in [0.15, 0.2) is 45.7 Å². The molecule has 0 radical (unpaired) electrons. The van der Waals surface area contributed by atoms with Crippen LogP contribution < -0.4 is 10.1 Å². The highest BCUT2D eigenvalue weighted by Crippen LogP contribution is 2.32. The van der Waals surface area contributed by atoms with E-state index in [0.717, 1.165) is 13.0 Å². The minimum absolute atomic E-state index is 0. The van der Waals surface area contributed by atoms with Crippen LogP contribution in [0.4, 0.5) is 0 Å². The van der Waals surface area contributed by atoms with E-state index < -0.39 is 5.54 Å². The van der Waals surface area contributed by atoms with E-state index in [1.54, 1.807) is 17.3 Å². The van der Waals surface area contributed by atoms with Crippen molar-refractivity contribution in [3.8, 4) is 5.75 Å². The summed E-state index contributed by atoms with van der Waals surface area (Å²) in [6.07, 6.45) is 4.18. The number of halogens is 3. The fraction of sp³-hybridized carbons (Fsp3) is 0.333. The van der Waals surface area contributed by atoms with Crippen LogP contribution in [0.3, 0.4) is 0 Å². The van der Waals surface area contributed by atoms with Crippen molar-refractivity contribution in [3.63, 3.8) is 0 Å². The summed E-state index contributed by atoms with van der Waals surface area (Å²) in [5.41, 5.74) is -0.679. The Morgan fingerprint density at radius 1 is 1.42 bits per heavy atom. The maximum atomic E-state index is 11.5.